The monoisotopic (exact) mass is 486 g/mol. The molecule has 8 nitrogen and oxygen atoms in total. The van der Waals surface area contributed by atoms with Crippen LogP contribution in [0.3, 0.4) is 0 Å². The normalized spacial score (nSPS) is 11.1. The summed E-state index contributed by atoms with van der Waals surface area (Å²) in [5, 5.41) is 0.650. The molecule has 0 spiro atoms. The maximum absolute atomic E-state index is 12.7. The van der Waals surface area contributed by atoms with E-state index in [1.807, 2.05) is 12.1 Å². The van der Waals surface area contributed by atoms with Crippen molar-refractivity contribution in [1.29, 1.82) is 0 Å². The zero-order valence-electron chi connectivity index (χ0n) is 19.2. The molecule has 0 amide bonds. The molecule has 0 aliphatic heterocycles. The summed E-state index contributed by atoms with van der Waals surface area (Å²) in [6, 6.07) is 15.5. The van der Waals surface area contributed by atoms with Gasteiger partial charge >= 0.3 is 5.97 Å². The van der Waals surface area contributed by atoms with E-state index in [1.165, 1.54) is 17.7 Å². The van der Waals surface area contributed by atoms with Gasteiger partial charge in [0, 0.05) is 23.4 Å². The molecule has 180 valence electrons. The Hall–Kier alpha value is -3.49. The number of rotatable bonds is 10. The van der Waals surface area contributed by atoms with Crippen molar-refractivity contribution in [2.45, 2.75) is 26.1 Å². The second-order valence-electron chi connectivity index (χ2n) is 8.05. The Bertz CT molecular complexity index is 1190. The molecule has 2 N–H and O–H groups in total. The molecule has 0 aliphatic rings. The van der Waals surface area contributed by atoms with Crippen LogP contribution in [0.4, 0.5) is 0 Å². The summed E-state index contributed by atoms with van der Waals surface area (Å²) < 4.78 is 23.7. The molecule has 9 heteroatoms. The molecule has 0 unspecified atom stereocenters. The third-order valence-corrected chi connectivity index (χ3v) is 5.02. The summed E-state index contributed by atoms with van der Waals surface area (Å²) >= 11 is 5.89. The fraction of sp³-hybridized carbons (Fsp3) is 0.280. The Morgan fingerprint density at radius 3 is 2.41 bits per heavy atom. The highest BCUT2D eigenvalue weighted by Gasteiger charge is 2.24. The van der Waals surface area contributed by atoms with Crippen molar-refractivity contribution in [3.63, 3.8) is 0 Å². The highest BCUT2D eigenvalue weighted by Crippen LogP contribution is 2.30. The quantitative estimate of drug-likeness (QED) is 0.435. The van der Waals surface area contributed by atoms with E-state index in [0.29, 0.717) is 34.6 Å². The van der Waals surface area contributed by atoms with Crippen LogP contribution in [0.25, 0.3) is 5.69 Å². The number of nitrogens with zero attached hydrogens (tertiary/aromatic N) is 1. The smallest absolute Gasteiger partial charge is 0.320 e. The summed E-state index contributed by atoms with van der Waals surface area (Å²) in [5.41, 5.74) is 5.69. The van der Waals surface area contributed by atoms with Crippen LogP contribution in [0.5, 0.6) is 17.2 Å². The first-order valence-corrected chi connectivity index (χ1v) is 10.9. The van der Waals surface area contributed by atoms with Gasteiger partial charge in [0.2, 0.25) is 0 Å². The van der Waals surface area contributed by atoms with Crippen molar-refractivity contribution in [3.8, 4) is 22.9 Å². The Balaban J connectivity index is 1.71. The van der Waals surface area contributed by atoms with E-state index >= 15 is 0 Å². The molecule has 3 aromatic rings. The first-order chi connectivity index (χ1) is 16.2. The molecule has 0 fully saturated rings. The minimum Gasteiger partial charge on any atom is -0.493 e. The lowest BCUT2D eigenvalue weighted by molar-refractivity contribution is -0.157. The van der Waals surface area contributed by atoms with Crippen LogP contribution in [0.15, 0.2) is 65.6 Å². The van der Waals surface area contributed by atoms with Crippen molar-refractivity contribution < 1.29 is 23.7 Å². The fourth-order valence-electron chi connectivity index (χ4n) is 3.07. The Morgan fingerprint density at radius 1 is 1.03 bits per heavy atom. The lowest BCUT2D eigenvalue weighted by Crippen LogP contribution is -2.37. The molecule has 0 saturated carbocycles. The molecule has 0 atom stereocenters. The van der Waals surface area contributed by atoms with Crippen LogP contribution < -0.4 is 25.5 Å². The van der Waals surface area contributed by atoms with E-state index in [0.717, 1.165) is 5.56 Å². The predicted molar refractivity (Wildman–Crippen MR) is 129 cm³/mol. The molecule has 34 heavy (non-hydrogen) atoms. The number of pyridine rings is 1. The molecule has 0 radical (unpaired) electrons. The first-order valence-electron chi connectivity index (χ1n) is 10.5. The molecule has 0 saturated heterocycles. The number of esters is 1. The Labute approximate surface area is 202 Å². The third-order valence-electron chi connectivity index (χ3n) is 4.77. The summed E-state index contributed by atoms with van der Waals surface area (Å²) in [7, 11) is 1.50. The number of carbonyl (C=O) groups is 1. The topological polar surface area (TPSA) is 102 Å². The summed E-state index contributed by atoms with van der Waals surface area (Å²) in [6.07, 6.45) is 1.63. The average Bonchev–Trinajstić information content (AvgIpc) is 2.82. The predicted octanol–water partition coefficient (Wildman–Crippen LogP) is 3.74. The van der Waals surface area contributed by atoms with Gasteiger partial charge < -0.3 is 24.7 Å². The Kier molecular flexibility index (Phi) is 8.20. The minimum atomic E-state index is -0.876. The lowest BCUT2D eigenvalue weighted by Gasteiger charge is -2.25. The zero-order valence-corrected chi connectivity index (χ0v) is 20.0. The van der Waals surface area contributed by atoms with E-state index in [2.05, 4.69) is 0 Å². The van der Waals surface area contributed by atoms with Crippen molar-refractivity contribution in [2.75, 3.05) is 20.3 Å². The molecular formula is C25H27ClN2O6. The van der Waals surface area contributed by atoms with Gasteiger partial charge in [-0.2, -0.15) is 0 Å². The molecule has 0 aliphatic carbocycles. The highest BCUT2D eigenvalue weighted by molar-refractivity contribution is 6.30. The van der Waals surface area contributed by atoms with Crippen LogP contribution >= 0.6 is 11.6 Å². The van der Waals surface area contributed by atoms with Crippen molar-refractivity contribution in [2.24, 2.45) is 5.73 Å². The minimum absolute atomic E-state index is 0.0913. The number of ether oxygens (including phenoxy) is 4. The van der Waals surface area contributed by atoms with E-state index in [1.54, 1.807) is 56.4 Å². The van der Waals surface area contributed by atoms with Crippen molar-refractivity contribution in [1.82, 2.24) is 4.57 Å². The largest absolute Gasteiger partial charge is 0.493 e. The van der Waals surface area contributed by atoms with Crippen LogP contribution in [0, 0.1) is 0 Å². The number of hydrogen-bond donors (Lipinski definition) is 1. The second kappa shape index (κ2) is 11.1. The van der Waals surface area contributed by atoms with Gasteiger partial charge in [0.05, 0.1) is 19.3 Å². The number of nitrogens with two attached hydrogens (primary N) is 1. The first kappa shape index (κ1) is 25.1. The summed E-state index contributed by atoms with van der Waals surface area (Å²) in [6.45, 7) is 3.64. The maximum Gasteiger partial charge on any atom is 0.320 e. The summed E-state index contributed by atoms with van der Waals surface area (Å²) in [4.78, 5) is 24.2. The van der Waals surface area contributed by atoms with E-state index in [9.17, 15) is 9.59 Å². The summed E-state index contributed by atoms with van der Waals surface area (Å²) in [5.74, 6) is 0.806. The number of benzene rings is 2. The van der Waals surface area contributed by atoms with Gasteiger partial charge in [-0.1, -0.05) is 23.7 Å². The average molecular weight is 487 g/mol. The SMILES string of the molecule is COc1cc(-n2ccc(OCc3ccc(Cl)cc3)cc2=O)ccc1OCC(C)(C)OC(=O)CN. The van der Waals surface area contributed by atoms with Crippen LogP contribution in [0.2, 0.25) is 5.02 Å². The molecule has 2 aromatic carbocycles. The number of carbonyl (C=O) groups excluding carboxylic acids is 1. The van der Waals surface area contributed by atoms with Gasteiger partial charge in [-0.15, -0.1) is 0 Å². The van der Waals surface area contributed by atoms with E-state index in [-0.39, 0.29) is 18.7 Å². The standard InChI is InChI=1S/C25H27ClN2O6/c1-25(2,34-24(30)14-27)16-33-21-9-8-19(12-22(21)31-3)28-11-10-20(13-23(28)29)32-15-17-4-6-18(26)7-5-17/h4-13H,14-16,27H2,1-3H3. The van der Waals surface area contributed by atoms with Gasteiger partial charge in [-0.3, -0.25) is 14.2 Å². The maximum atomic E-state index is 12.7. The van der Waals surface area contributed by atoms with Gasteiger partial charge in [-0.25, -0.2) is 0 Å². The van der Waals surface area contributed by atoms with Crippen LogP contribution in [-0.4, -0.2) is 36.4 Å². The van der Waals surface area contributed by atoms with Gasteiger partial charge in [0.1, 0.15) is 24.6 Å². The van der Waals surface area contributed by atoms with E-state index in [4.69, 9.17) is 36.3 Å². The molecule has 1 aromatic heterocycles. The van der Waals surface area contributed by atoms with Crippen LogP contribution in [-0.2, 0) is 16.1 Å². The number of aromatic nitrogens is 1. The highest BCUT2D eigenvalue weighted by atomic mass is 35.5. The lowest BCUT2D eigenvalue weighted by atomic mass is 10.1. The molecule has 1 heterocycles. The number of hydrogen-bond acceptors (Lipinski definition) is 7. The molecular weight excluding hydrogens is 460 g/mol. The third kappa shape index (κ3) is 6.76. The van der Waals surface area contributed by atoms with Gasteiger partial charge in [-0.05, 0) is 49.7 Å². The zero-order chi connectivity index (χ0) is 24.7. The second-order valence-corrected chi connectivity index (χ2v) is 8.48. The molecule has 0 bridgehead atoms. The van der Waals surface area contributed by atoms with E-state index < -0.39 is 11.6 Å². The van der Waals surface area contributed by atoms with Crippen molar-refractivity contribution >= 4 is 17.6 Å². The fourth-order valence-corrected chi connectivity index (χ4v) is 3.19. The van der Waals surface area contributed by atoms with Gasteiger partial charge in [0.25, 0.3) is 5.56 Å². The Morgan fingerprint density at radius 2 is 1.76 bits per heavy atom. The van der Waals surface area contributed by atoms with Crippen molar-refractivity contribution in [3.05, 3.63) is 81.7 Å². The van der Waals surface area contributed by atoms with Gasteiger partial charge in [0.15, 0.2) is 11.5 Å². The molecule has 3 rings (SSSR count). The number of halogens is 1. The number of methoxy groups -OCH3 is 1. The van der Waals surface area contributed by atoms with Crippen LogP contribution in [0.1, 0.15) is 19.4 Å².